The molecule has 1 aromatic carbocycles. The van der Waals surface area contributed by atoms with E-state index in [1.807, 2.05) is 0 Å². The van der Waals surface area contributed by atoms with Crippen molar-refractivity contribution in [2.24, 2.45) is 11.7 Å². The number of rotatable bonds is 5. The van der Waals surface area contributed by atoms with E-state index >= 15 is 0 Å². The first-order chi connectivity index (χ1) is 8.68. The van der Waals surface area contributed by atoms with Crippen LogP contribution >= 0.6 is 11.8 Å². The zero-order valence-electron chi connectivity index (χ0n) is 11.6. The van der Waals surface area contributed by atoms with Crippen LogP contribution in [-0.4, -0.2) is 11.8 Å². The van der Waals surface area contributed by atoms with Gasteiger partial charge in [-0.3, -0.25) is 0 Å². The fourth-order valence-corrected chi connectivity index (χ4v) is 4.41. The molecular weight excluding hydrogens is 238 g/mol. The van der Waals surface area contributed by atoms with E-state index in [-0.39, 0.29) is 6.04 Å². The van der Waals surface area contributed by atoms with Crippen LogP contribution in [0.1, 0.15) is 49.0 Å². The van der Waals surface area contributed by atoms with Crippen LogP contribution in [-0.2, 0) is 0 Å². The Morgan fingerprint density at radius 1 is 1.28 bits per heavy atom. The minimum atomic E-state index is 0.220. The smallest absolute Gasteiger partial charge is 0.0448 e. The Hall–Kier alpha value is -0.470. The van der Waals surface area contributed by atoms with Gasteiger partial charge in [-0.1, -0.05) is 37.1 Å². The Morgan fingerprint density at radius 3 is 2.56 bits per heavy atom. The Morgan fingerprint density at radius 2 is 1.94 bits per heavy atom. The van der Waals surface area contributed by atoms with E-state index in [0.29, 0.717) is 5.25 Å². The molecule has 2 unspecified atom stereocenters. The zero-order valence-corrected chi connectivity index (χ0v) is 12.4. The van der Waals surface area contributed by atoms with Gasteiger partial charge in [0, 0.05) is 11.3 Å². The van der Waals surface area contributed by atoms with Crippen molar-refractivity contribution in [1.29, 1.82) is 0 Å². The molecule has 2 N–H and O–H groups in total. The number of nitrogens with two attached hydrogens (primary N) is 1. The van der Waals surface area contributed by atoms with Crippen LogP contribution in [0.15, 0.2) is 24.3 Å². The van der Waals surface area contributed by atoms with Crippen LogP contribution in [0.25, 0.3) is 0 Å². The molecule has 0 aromatic heterocycles. The molecule has 1 fully saturated rings. The van der Waals surface area contributed by atoms with Gasteiger partial charge in [0.15, 0.2) is 0 Å². The molecule has 1 saturated carbocycles. The second kappa shape index (κ2) is 6.63. The largest absolute Gasteiger partial charge is 0.327 e. The average molecular weight is 263 g/mol. The van der Waals surface area contributed by atoms with Gasteiger partial charge in [0.2, 0.25) is 0 Å². The lowest BCUT2D eigenvalue weighted by Gasteiger charge is -2.24. The van der Waals surface area contributed by atoms with Crippen molar-refractivity contribution >= 4 is 11.8 Å². The van der Waals surface area contributed by atoms with Gasteiger partial charge in [-0.05, 0) is 49.5 Å². The maximum atomic E-state index is 6.20. The van der Waals surface area contributed by atoms with Crippen LogP contribution in [0.2, 0.25) is 0 Å². The molecule has 2 rings (SSSR count). The van der Waals surface area contributed by atoms with Crippen LogP contribution < -0.4 is 5.73 Å². The van der Waals surface area contributed by atoms with E-state index in [0.717, 1.165) is 5.92 Å². The van der Waals surface area contributed by atoms with Gasteiger partial charge in [0.05, 0.1) is 0 Å². The summed E-state index contributed by atoms with van der Waals surface area (Å²) in [5, 5.41) is 0.451. The van der Waals surface area contributed by atoms with Crippen LogP contribution in [0, 0.1) is 12.8 Å². The molecule has 0 saturated heterocycles. The highest BCUT2D eigenvalue weighted by molar-refractivity contribution is 7.99. The Labute approximate surface area is 116 Å². The first kappa shape index (κ1) is 14.0. The molecule has 2 atom stereocenters. The summed E-state index contributed by atoms with van der Waals surface area (Å²) in [6, 6.07) is 8.90. The fourth-order valence-electron chi connectivity index (χ4n) is 2.85. The monoisotopic (exact) mass is 263 g/mol. The van der Waals surface area contributed by atoms with Crippen LogP contribution in [0.3, 0.4) is 0 Å². The molecule has 0 radical (unpaired) electrons. The minimum absolute atomic E-state index is 0.220. The van der Waals surface area contributed by atoms with Gasteiger partial charge >= 0.3 is 0 Å². The number of thioether (sulfide) groups is 1. The number of hydrogen-bond acceptors (Lipinski definition) is 2. The van der Waals surface area contributed by atoms with Gasteiger partial charge in [0.25, 0.3) is 0 Å². The quantitative estimate of drug-likeness (QED) is 0.857. The minimum Gasteiger partial charge on any atom is -0.327 e. The molecule has 1 aliphatic carbocycles. The van der Waals surface area contributed by atoms with Crippen LogP contribution in [0.5, 0.6) is 0 Å². The highest BCUT2D eigenvalue weighted by Gasteiger charge is 2.22. The van der Waals surface area contributed by atoms with Crippen molar-refractivity contribution in [2.45, 2.75) is 50.8 Å². The molecular formula is C16H25NS. The predicted molar refractivity (Wildman–Crippen MR) is 82.0 cm³/mol. The predicted octanol–water partition coefficient (Wildman–Crippen LogP) is 4.31. The van der Waals surface area contributed by atoms with Crippen molar-refractivity contribution in [3.05, 3.63) is 35.4 Å². The van der Waals surface area contributed by atoms with Gasteiger partial charge in [-0.2, -0.15) is 11.8 Å². The molecule has 1 nitrogen and oxygen atoms in total. The summed E-state index contributed by atoms with van der Waals surface area (Å²) >= 11 is 2.07. The van der Waals surface area contributed by atoms with Crippen molar-refractivity contribution in [3.63, 3.8) is 0 Å². The zero-order chi connectivity index (χ0) is 13.0. The highest BCUT2D eigenvalue weighted by atomic mass is 32.2. The first-order valence-corrected chi connectivity index (χ1v) is 8.16. The van der Waals surface area contributed by atoms with Crippen molar-refractivity contribution in [3.8, 4) is 0 Å². The molecule has 0 aliphatic heterocycles. The molecule has 2 heteroatoms. The van der Waals surface area contributed by atoms with Crippen molar-refractivity contribution < 1.29 is 0 Å². The number of aryl methyl sites for hydroxylation is 1. The Bertz CT molecular complexity index is 369. The molecule has 0 spiro atoms. The van der Waals surface area contributed by atoms with Crippen molar-refractivity contribution in [1.82, 2.24) is 0 Å². The van der Waals surface area contributed by atoms with Gasteiger partial charge in [0.1, 0.15) is 0 Å². The standard InChI is InChI=1S/C16H25NS/c1-12-7-3-6-10-15(12)16(13(2)17)18-11-14-8-4-5-9-14/h3,6-7,10,13-14,16H,4-5,8-9,11,17H2,1-2H3. The molecule has 0 bridgehead atoms. The summed E-state index contributed by atoms with van der Waals surface area (Å²) in [4.78, 5) is 0. The SMILES string of the molecule is Cc1ccccc1C(SCC1CCCC1)C(C)N. The maximum Gasteiger partial charge on any atom is 0.0448 e. The lowest BCUT2D eigenvalue weighted by molar-refractivity contribution is 0.618. The summed E-state index contributed by atoms with van der Waals surface area (Å²) in [6.45, 7) is 4.33. The topological polar surface area (TPSA) is 26.0 Å². The van der Waals surface area contributed by atoms with Crippen molar-refractivity contribution in [2.75, 3.05) is 5.75 Å². The molecule has 18 heavy (non-hydrogen) atoms. The fraction of sp³-hybridized carbons (Fsp3) is 0.625. The van der Waals surface area contributed by atoms with Gasteiger partial charge < -0.3 is 5.73 Å². The third-order valence-corrected chi connectivity index (χ3v) is 5.66. The first-order valence-electron chi connectivity index (χ1n) is 7.11. The summed E-state index contributed by atoms with van der Waals surface area (Å²) in [7, 11) is 0. The Kier molecular flexibility index (Phi) is 5.13. The molecule has 1 aromatic rings. The van der Waals surface area contributed by atoms with Gasteiger partial charge in [-0.15, -0.1) is 0 Å². The lowest BCUT2D eigenvalue weighted by atomic mass is 10.0. The van der Waals surface area contributed by atoms with E-state index in [1.165, 1.54) is 42.6 Å². The number of benzene rings is 1. The number of hydrogen-bond donors (Lipinski definition) is 1. The summed E-state index contributed by atoms with van der Waals surface area (Å²) in [6.07, 6.45) is 5.70. The van der Waals surface area contributed by atoms with E-state index in [4.69, 9.17) is 5.73 Å². The third kappa shape index (κ3) is 3.52. The van der Waals surface area contributed by atoms with E-state index < -0.39 is 0 Å². The highest BCUT2D eigenvalue weighted by Crippen LogP contribution is 2.37. The normalized spacial score (nSPS) is 19.9. The maximum absolute atomic E-state index is 6.20. The molecule has 100 valence electrons. The molecule has 0 heterocycles. The van der Waals surface area contributed by atoms with Crippen LogP contribution in [0.4, 0.5) is 0 Å². The summed E-state index contributed by atoms with van der Waals surface area (Å²) in [5.74, 6) is 2.21. The molecule has 1 aliphatic rings. The summed E-state index contributed by atoms with van der Waals surface area (Å²) in [5.41, 5.74) is 9.00. The lowest BCUT2D eigenvalue weighted by Crippen LogP contribution is -2.24. The van der Waals surface area contributed by atoms with E-state index in [1.54, 1.807) is 0 Å². The second-order valence-electron chi connectivity index (χ2n) is 5.62. The second-order valence-corrected chi connectivity index (χ2v) is 6.79. The van der Waals surface area contributed by atoms with E-state index in [9.17, 15) is 0 Å². The van der Waals surface area contributed by atoms with E-state index in [2.05, 4.69) is 49.9 Å². The third-order valence-electron chi connectivity index (χ3n) is 3.96. The summed E-state index contributed by atoms with van der Waals surface area (Å²) < 4.78 is 0. The average Bonchev–Trinajstić information content (AvgIpc) is 2.84. The van der Waals surface area contributed by atoms with Gasteiger partial charge in [-0.25, -0.2) is 0 Å². The Balaban J connectivity index is 2.01. The molecule has 0 amide bonds.